The Morgan fingerprint density at radius 2 is 2.10 bits per heavy atom. The maximum Gasteiger partial charge on any atom is 0.238 e. The second kappa shape index (κ2) is 5.39. The van der Waals surface area contributed by atoms with Gasteiger partial charge in [0.25, 0.3) is 0 Å². The van der Waals surface area contributed by atoms with Gasteiger partial charge in [0, 0.05) is 7.05 Å². The zero-order valence-electron chi connectivity index (χ0n) is 10.9. The van der Waals surface area contributed by atoms with E-state index < -0.39 is 10.0 Å². The van der Waals surface area contributed by atoms with Crippen LogP contribution in [0.5, 0.6) is 5.75 Å². The number of nitrogens with zero attached hydrogens (tertiary/aromatic N) is 3. The first-order valence-corrected chi connectivity index (χ1v) is 7.51. The monoisotopic (exact) mass is 316 g/mol. The first-order chi connectivity index (χ1) is 9.29. The molecule has 20 heavy (non-hydrogen) atoms. The van der Waals surface area contributed by atoms with E-state index in [-0.39, 0.29) is 16.5 Å². The highest BCUT2D eigenvalue weighted by atomic mass is 35.5. The minimum absolute atomic E-state index is 0.0654. The number of primary sulfonamides is 1. The van der Waals surface area contributed by atoms with Gasteiger partial charge >= 0.3 is 0 Å². The molecule has 0 unspecified atom stereocenters. The first-order valence-electron chi connectivity index (χ1n) is 5.59. The van der Waals surface area contributed by atoms with Gasteiger partial charge in [-0.3, -0.25) is 0 Å². The molecule has 2 N–H and O–H groups in total. The quantitative estimate of drug-likeness (QED) is 0.907. The summed E-state index contributed by atoms with van der Waals surface area (Å²) in [4.78, 5) is -0.0654. The average molecular weight is 317 g/mol. The topological polar surface area (TPSA) is 100 Å². The fourth-order valence-corrected chi connectivity index (χ4v) is 2.33. The molecule has 0 fully saturated rings. The number of hydrogen-bond donors (Lipinski definition) is 1. The van der Waals surface area contributed by atoms with Crippen molar-refractivity contribution in [1.82, 2.24) is 14.8 Å². The molecule has 0 saturated carbocycles. The predicted octanol–water partition coefficient (Wildman–Crippen LogP) is 1.00. The van der Waals surface area contributed by atoms with Gasteiger partial charge in [-0.2, -0.15) is 0 Å². The lowest BCUT2D eigenvalue weighted by Crippen LogP contribution is -2.12. The van der Waals surface area contributed by atoms with Crippen molar-refractivity contribution in [2.24, 2.45) is 12.2 Å². The highest BCUT2D eigenvalue weighted by Gasteiger charge is 2.12. The number of halogens is 1. The smallest absolute Gasteiger partial charge is 0.238 e. The van der Waals surface area contributed by atoms with Crippen LogP contribution in [0.2, 0.25) is 5.02 Å². The summed E-state index contributed by atoms with van der Waals surface area (Å²) in [6.45, 7) is 2.00. The molecule has 0 aliphatic carbocycles. The van der Waals surface area contributed by atoms with Crippen molar-refractivity contribution in [1.29, 1.82) is 0 Å². The van der Waals surface area contributed by atoms with Gasteiger partial charge in [0.2, 0.25) is 10.0 Å². The number of sulfonamides is 1. The summed E-state index contributed by atoms with van der Waals surface area (Å²) in [7, 11) is -1.96. The van der Waals surface area contributed by atoms with Crippen molar-refractivity contribution in [3.63, 3.8) is 0 Å². The van der Waals surface area contributed by atoms with Gasteiger partial charge in [0.1, 0.15) is 18.2 Å². The summed E-state index contributed by atoms with van der Waals surface area (Å²) in [5, 5.41) is 13.0. The van der Waals surface area contributed by atoms with E-state index >= 15 is 0 Å². The lowest BCUT2D eigenvalue weighted by Gasteiger charge is -2.08. The van der Waals surface area contributed by atoms with Gasteiger partial charge < -0.3 is 9.30 Å². The van der Waals surface area contributed by atoms with Crippen LogP contribution in [0.3, 0.4) is 0 Å². The molecule has 2 rings (SSSR count). The van der Waals surface area contributed by atoms with Crippen LogP contribution in [0, 0.1) is 6.92 Å². The van der Waals surface area contributed by atoms with Crippen molar-refractivity contribution >= 4 is 21.6 Å². The second-order valence-corrected chi connectivity index (χ2v) is 6.12. The van der Waals surface area contributed by atoms with Crippen molar-refractivity contribution in [3.05, 3.63) is 34.9 Å². The Morgan fingerprint density at radius 3 is 2.60 bits per heavy atom. The molecule has 0 atom stereocenters. The Bertz CT molecular complexity index is 742. The number of nitrogens with two attached hydrogens (primary N) is 1. The lowest BCUT2D eigenvalue weighted by atomic mass is 10.3. The maximum atomic E-state index is 11.2. The summed E-state index contributed by atoms with van der Waals surface area (Å²) in [5.41, 5.74) is 0. The van der Waals surface area contributed by atoms with E-state index in [9.17, 15) is 8.42 Å². The molecule has 0 spiro atoms. The van der Waals surface area contributed by atoms with Gasteiger partial charge in [-0.1, -0.05) is 11.6 Å². The van der Waals surface area contributed by atoms with Gasteiger partial charge in [-0.05, 0) is 25.1 Å². The van der Waals surface area contributed by atoms with Crippen LogP contribution in [0.4, 0.5) is 0 Å². The molecule has 0 aliphatic heterocycles. The molecule has 2 aromatic rings. The van der Waals surface area contributed by atoms with Crippen LogP contribution in [0.25, 0.3) is 0 Å². The molecular formula is C11H13ClN4O3S. The van der Waals surface area contributed by atoms with E-state index in [4.69, 9.17) is 21.5 Å². The lowest BCUT2D eigenvalue weighted by molar-refractivity contribution is 0.291. The van der Waals surface area contributed by atoms with E-state index in [0.29, 0.717) is 11.6 Å². The molecule has 1 heterocycles. The van der Waals surface area contributed by atoms with Crippen LogP contribution < -0.4 is 9.88 Å². The molecular weight excluding hydrogens is 304 g/mol. The van der Waals surface area contributed by atoms with Crippen LogP contribution in [-0.2, 0) is 23.7 Å². The number of hydrogen-bond acceptors (Lipinski definition) is 5. The molecule has 0 bridgehead atoms. The summed E-state index contributed by atoms with van der Waals surface area (Å²) in [6, 6.07) is 4.03. The predicted molar refractivity (Wildman–Crippen MR) is 72.9 cm³/mol. The molecule has 0 saturated heterocycles. The fourth-order valence-electron chi connectivity index (χ4n) is 1.49. The van der Waals surface area contributed by atoms with Crippen LogP contribution in [0.1, 0.15) is 11.6 Å². The molecule has 108 valence electrons. The number of benzene rings is 1. The molecule has 7 nitrogen and oxygen atoms in total. The zero-order chi connectivity index (χ0) is 14.9. The van der Waals surface area contributed by atoms with Gasteiger partial charge in [0.05, 0.1) is 9.92 Å². The van der Waals surface area contributed by atoms with E-state index in [0.717, 1.165) is 5.82 Å². The third-order valence-electron chi connectivity index (χ3n) is 2.77. The highest BCUT2D eigenvalue weighted by Crippen LogP contribution is 2.27. The van der Waals surface area contributed by atoms with Crippen LogP contribution in [0.15, 0.2) is 23.1 Å². The Balaban J connectivity index is 2.17. The molecule has 0 aliphatic rings. The Morgan fingerprint density at radius 1 is 1.40 bits per heavy atom. The standard InChI is InChI=1S/C11H13ClN4O3S/c1-7-14-15-11(16(7)2)6-19-10-4-3-8(5-9(10)12)20(13,17)18/h3-5H,6H2,1-2H3,(H2,13,17,18). The zero-order valence-corrected chi connectivity index (χ0v) is 12.4. The van der Waals surface area contributed by atoms with E-state index in [2.05, 4.69) is 10.2 Å². The molecule has 0 radical (unpaired) electrons. The Labute approximate surface area is 121 Å². The fraction of sp³-hybridized carbons (Fsp3) is 0.273. The maximum absolute atomic E-state index is 11.2. The SMILES string of the molecule is Cc1nnc(COc2ccc(S(N)(=O)=O)cc2Cl)n1C. The van der Waals surface area contributed by atoms with Crippen LogP contribution >= 0.6 is 11.6 Å². The molecule has 9 heteroatoms. The minimum atomic E-state index is -3.78. The minimum Gasteiger partial charge on any atom is -0.484 e. The van der Waals surface area contributed by atoms with E-state index in [1.165, 1.54) is 18.2 Å². The number of ether oxygens (including phenoxy) is 1. The largest absolute Gasteiger partial charge is 0.484 e. The molecule has 1 aromatic carbocycles. The summed E-state index contributed by atoms with van der Waals surface area (Å²) in [5.74, 6) is 1.74. The van der Waals surface area contributed by atoms with Crippen LogP contribution in [-0.4, -0.2) is 23.2 Å². The Kier molecular flexibility index (Phi) is 3.98. The molecule has 0 amide bonds. The first kappa shape index (κ1) is 14.8. The van der Waals surface area contributed by atoms with Gasteiger partial charge in [-0.25, -0.2) is 13.6 Å². The third-order valence-corrected chi connectivity index (χ3v) is 3.98. The normalized spacial score (nSPS) is 11.6. The van der Waals surface area contributed by atoms with Crippen molar-refractivity contribution in [2.75, 3.05) is 0 Å². The van der Waals surface area contributed by atoms with Gasteiger partial charge in [0.15, 0.2) is 5.82 Å². The second-order valence-electron chi connectivity index (χ2n) is 4.15. The highest BCUT2D eigenvalue weighted by molar-refractivity contribution is 7.89. The van der Waals surface area contributed by atoms with Crippen molar-refractivity contribution in [3.8, 4) is 5.75 Å². The van der Waals surface area contributed by atoms with Gasteiger partial charge in [-0.15, -0.1) is 10.2 Å². The van der Waals surface area contributed by atoms with E-state index in [1.807, 2.05) is 14.0 Å². The molecule has 1 aromatic heterocycles. The number of aromatic nitrogens is 3. The summed E-state index contributed by atoms with van der Waals surface area (Å²) >= 11 is 5.96. The summed E-state index contributed by atoms with van der Waals surface area (Å²) < 4.78 is 29.6. The third kappa shape index (κ3) is 3.09. The number of aryl methyl sites for hydroxylation is 1. The Hall–Kier alpha value is -1.64. The number of rotatable bonds is 4. The van der Waals surface area contributed by atoms with Crippen molar-refractivity contribution < 1.29 is 13.2 Å². The van der Waals surface area contributed by atoms with Crippen molar-refractivity contribution in [2.45, 2.75) is 18.4 Å². The summed E-state index contributed by atoms with van der Waals surface area (Å²) in [6.07, 6.45) is 0. The van der Waals surface area contributed by atoms with E-state index in [1.54, 1.807) is 4.57 Å². The average Bonchev–Trinajstić information content (AvgIpc) is 2.67.